The van der Waals surface area contributed by atoms with Gasteiger partial charge in [-0.2, -0.15) is 0 Å². The highest BCUT2D eigenvalue weighted by Gasteiger charge is 2.26. The van der Waals surface area contributed by atoms with Crippen LogP contribution in [0.2, 0.25) is 0 Å². The van der Waals surface area contributed by atoms with Gasteiger partial charge in [-0.25, -0.2) is 0 Å². The third-order valence-electron chi connectivity index (χ3n) is 3.69. The van der Waals surface area contributed by atoms with Gasteiger partial charge in [0.2, 0.25) is 0 Å². The van der Waals surface area contributed by atoms with E-state index in [0.29, 0.717) is 12.0 Å². The molecule has 0 saturated carbocycles. The van der Waals surface area contributed by atoms with E-state index in [1.165, 1.54) is 25.0 Å². The minimum Gasteiger partial charge on any atom is -0.496 e. The summed E-state index contributed by atoms with van der Waals surface area (Å²) in [5.74, 6) is -1.52. The summed E-state index contributed by atoms with van der Waals surface area (Å²) in [5, 5.41) is 20.1. The molecule has 0 spiro atoms. The Kier molecular flexibility index (Phi) is 6.06. The second kappa shape index (κ2) is 7.57. The number of carboxylic acids is 1. The van der Waals surface area contributed by atoms with Gasteiger partial charge in [-0.3, -0.25) is 19.7 Å². The smallest absolute Gasteiger partial charge is 0.323 e. The van der Waals surface area contributed by atoms with Crippen molar-refractivity contribution in [2.45, 2.75) is 33.2 Å². The number of rotatable bonds is 7. The van der Waals surface area contributed by atoms with Gasteiger partial charge in [0.25, 0.3) is 11.6 Å². The molecule has 0 bridgehead atoms. The Morgan fingerprint density at radius 1 is 1.43 bits per heavy atom. The van der Waals surface area contributed by atoms with E-state index >= 15 is 0 Å². The molecule has 0 aliphatic rings. The highest BCUT2D eigenvalue weighted by atomic mass is 16.6. The zero-order valence-electron chi connectivity index (χ0n) is 13.5. The van der Waals surface area contributed by atoms with E-state index in [1.54, 1.807) is 6.92 Å². The number of nitro groups is 1. The SMILES string of the molecule is CCC(C)N(CC(=O)O)C(=O)c1cc(OC)c(C)c([N+](=O)[O-])c1. The molecule has 1 amide bonds. The summed E-state index contributed by atoms with van der Waals surface area (Å²) < 4.78 is 5.08. The number of nitro benzene ring substituents is 1. The largest absolute Gasteiger partial charge is 0.496 e. The van der Waals surface area contributed by atoms with Crippen molar-refractivity contribution in [3.63, 3.8) is 0 Å². The number of amides is 1. The fourth-order valence-corrected chi connectivity index (χ4v) is 2.16. The van der Waals surface area contributed by atoms with Crippen molar-refractivity contribution in [2.24, 2.45) is 0 Å². The number of benzene rings is 1. The average Bonchev–Trinajstić information content (AvgIpc) is 2.50. The molecule has 8 heteroatoms. The monoisotopic (exact) mass is 324 g/mol. The van der Waals surface area contributed by atoms with Crippen molar-refractivity contribution < 1.29 is 24.4 Å². The van der Waals surface area contributed by atoms with Crippen LogP contribution in [0.1, 0.15) is 36.2 Å². The Morgan fingerprint density at radius 2 is 2.04 bits per heavy atom. The first-order chi connectivity index (χ1) is 10.7. The third-order valence-corrected chi connectivity index (χ3v) is 3.69. The maximum Gasteiger partial charge on any atom is 0.323 e. The van der Waals surface area contributed by atoms with Crippen LogP contribution in [0, 0.1) is 17.0 Å². The van der Waals surface area contributed by atoms with Crippen LogP contribution in [0.3, 0.4) is 0 Å². The number of methoxy groups -OCH3 is 1. The topological polar surface area (TPSA) is 110 Å². The molecule has 0 heterocycles. The molecule has 0 aliphatic carbocycles. The standard InChI is InChI=1S/C15H20N2O6/c1-5-9(2)16(8-14(18)19)15(20)11-6-12(17(21)22)10(3)13(7-11)23-4/h6-7,9H,5,8H2,1-4H3,(H,18,19). The molecular formula is C15H20N2O6. The molecule has 0 aliphatic heterocycles. The molecule has 1 atom stereocenters. The highest BCUT2D eigenvalue weighted by molar-refractivity contribution is 5.97. The first kappa shape index (κ1) is 18.4. The number of carbonyl (C=O) groups excluding carboxylic acids is 1. The van der Waals surface area contributed by atoms with Gasteiger partial charge < -0.3 is 14.7 Å². The second-order valence-electron chi connectivity index (χ2n) is 5.16. The summed E-state index contributed by atoms with van der Waals surface area (Å²) in [6.45, 7) is 4.60. The van der Waals surface area contributed by atoms with Crippen molar-refractivity contribution in [2.75, 3.05) is 13.7 Å². The molecule has 8 nitrogen and oxygen atoms in total. The maximum atomic E-state index is 12.6. The van der Waals surface area contributed by atoms with Gasteiger partial charge in [0.1, 0.15) is 12.3 Å². The van der Waals surface area contributed by atoms with Crippen LogP contribution in [-0.4, -0.2) is 46.5 Å². The van der Waals surface area contributed by atoms with E-state index in [9.17, 15) is 19.7 Å². The number of nitrogens with zero attached hydrogens (tertiary/aromatic N) is 2. The second-order valence-corrected chi connectivity index (χ2v) is 5.16. The van der Waals surface area contributed by atoms with Gasteiger partial charge in [-0.15, -0.1) is 0 Å². The van der Waals surface area contributed by atoms with Gasteiger partial charge in [0.05, 0.1) is 23.2 Å². The van der Waals surface area contributed by atoms with Crippen LogP contribution in [0.4, 0.5) is 5.69 Å². The Bertz CT molecular complexity index is 629. The van der Waals surface area contributed by atoms with Gasteiger partial charge in [0, 0.05) is 12.1 Å². The lowest BCUT2D eigenvalue weighted by Crippen LogP contribution is -2.41. The van der Waals surface area contributed by atoms with Crippen LogP contribution in [0.5, 0.6) is 5.75 Å². The third kappa shape index (κ3) is 4.18. The molecular weight excluding hydrogens is 304 g/mol. The lowest BCUT2D eigenvalue weighted by atomic mass is 10.1. The van der Waals surface area contributed by atoms with E-state index in [0.717, 1.165) is 6.07 Å². The quantitative estimate of drug-likeness (QED) is 0.608. The fraction of sp³-hybridized carbons (Fsp3) is 0.467. The van der Waals surface area contributed by atoms with E-state index in [4.69, 9.17) is 9.84 Å². The predicted octanol–water partition coefficient (Wildman–Crippen LogP) is 2.24. The van der Waals surface area contributed by atoms with E-state index in [-0.39, 0.29) is 23.0 Å². The zero-order valence-corrected chi connectivity index (χ0v) is 13.5. The highest BCUT2D eigenvalue weighted by Crippen LogP contribution is 2.30. The van der Waals surface area contributed by atoms with Gasteiger partial charge in [-0.05, 0) is 26.3 Å². The molecule has 0 radical (unpaired) electrons. The number of hydrogen-bond acceptors (Lipinski definition) is 5. The molecule has 1 N–H and O–H groups in total. The predicted molar refractivity (Wildman–Crippen MR) is 82.8 cm³/mol. The van der Waals surface area contributed by atoms with Crippen LogP contribution in [0.25, 0.3) is 0 Å². The van der Waals surface area contributed by atoms with Gasteiger partial charge >= 0.3 is 5.97 Å². The summed E-state index contributed by atoms with van der Waals surface area (Å²) in [5.41, 5.74) is 0.0928. The normalized spacial score (nSPS) is 11.7. The summed E-state index contributed by atoms with van der Waals surface area (Å²) >= 11 is 0. The van der Waals surface area contributed by atoms with Gasteiger partial charge in [0.15, 0.2) is 0 Å². The first-order valence-electron chi connectivity index (χ1n) is 7.08. The minimum atomic E-state index is -1.15. The minimum absolute atomic E-state index is 0.0284. The Hall–Kier alpha value is -2.64. The number of carbonyl (C=O) groups is 2. The van der Waals surface area contributed by atoms with Crippen molar-refractivity contribution in [1.82, 2.24) is 4.90 Å². The number of ether oxygens (including phenoxy) is 1. The molecule has 1 rings (SSSR count). The van der Waals surface area contributed by atoms with E-state index in [2.05, 4.69) is 0 Å². The Labute approximate surface area is 133 Å². The number of carboxylic acid groups (broad SMARTS) is 1. The first-order valence-corrected chi connectivity index (χ1v) is 7.08. The average molecular weight is 324 g/mol. The lowest BCUT2D eigenvalue weighted by Gasteiger charge is -2.27. The Morgan fingerprint density at radius 3 is 2.48 bits per heavy atom. The molecule has 23 heavy (non-hydrogen) atoms. The molecule has 1 aromatic rings. The lowest BCUT2D eigenvalue weighted by molar-refractivity contribution is -0.385. The summed E-state index contributed by atoms with van der Waals surface area (Å²) in [6.07, 6.45) is 0.560. The molecule has 1 aromatic carbocycles. The number of hydrogen-bond donors (Lipinski definition) is 1. The van der Waals surface area contributed by atoms with Crippen molar-refractivity contribution in [3.05, 3.63) is 33.4 Å². The number of aliphatic carboxylic acids is 1. The maximum absolute atomic E-state index is 12.6. The molecule has 0 fully saturated rings. The summed E-state index contributed by atoms with van der Waals surface area (Å²) in [7, 11) is 1.35. The Balaban J connectivity index is 3.36. The van der Waals surface area contributed by atoms with Crippen molar-refractivity contribution >= 4 is 17.6 Å². The van der Waals surface area contributed by atoms with Gasteiger partial charge in [-0.1, -0.05) is 6.92 Å². The van der Waals surface area contributed by atoms with Crippen molar-refractivity contribution in [3.8, 4) is 5.75 Å². The van der Waals surface area contributed by atoms with Crippen LogP contribution in [0.15, 0.2) is 12.1 Å². The van der Waals surface area contributed by atoms with Crippen LogP contribution < -0.4 is 4.74 Å². The molecule has 1 unspecified atom stereocenters. The molecule has 0 saturated heterocycles. The fourth-order valence-electron chi connectivity index (χ4n) is 2.16. The van der Waals surface area contributed by atoms with Crippen LogP contribution >= 0.6 is 0 Å². The molecule has 126 valence electrons. The van der Waals surface area contributed by atoms with Crippen LogP contribution in [-0.2, 0) is 4.79 Å². The van der Waals surface area contributed by atoms with Crippen molar-refractivity contribution in [1.29, 1.82) is 0 Å². The zero-order chi connectivity index (χ0) is 17.7. The summed E-state index contributed by atoms with van der Waals surface area (Å²) in [6, 6.07) is 2.23. The van der Waals surface area contributed by atoms with E-state index < -0.39 is 23.3 Å². The molecule has 0 aromatic heterocycles. The van der Waals surface area contributed by atoms with E-state index in [1.807, 2.05) is 6.92 Å². The summed E-state index contributed by atoms with van der Waals surface area (Å²) in [4.78, 5) is 35.3.